The summed E-state index contributed by atoms with van der Waals surface area (Å²) in [5, 5.41) is 30.7. The molecule has 0 bridgehead atoms. The van der Waals surface area contributed by atoms with Crippen molar-refractivity contribution >= 4 is 22.1 Å². The summed E-state index contributed by atoms with van der Waals surface area (Å²) in [6.07, 6.45) is 17.1. The van der Waals surface area contributed by atoms with Gasteiger partial charge in [-0.3, -0.25) is 14.1 Å². The van der Waals surface area contributed by atoms with Gasteiger partial charge in [0.05, 0.1) is 6.61 Å². The molecule has 0 aromatic rings. The molecule has 4 N–H and O–H groups in total. The van der Waals surface area contributed by atoms with E-state index in [9.17, 15) is 37.9 Å². The van der Waals surface area contributed by atoms with E-state index in [-0.39, 0.29) is 19.4 Å². The summed E-state index contributed by atoms with van der Waals surface area (Å²) < 4.78 is 53.7. The van der Waals surface area contributed by atoms with Gasteiger partial charge in [-0.1, -0.05) is 122 Å². The lowest BCUT2D eigenvalue weighted by Crippen LogP contribution is -2.60. The maximum Gasteiger partial charge on any atom is 0.306 e. The van der Waals surface area contributed by atoms with Crippen LogP contribution in [0.15, 0.2) is 12.2 Å². The quantitative estimate of drug-likeness (QED) is 0.0269. The second-order valence-electron chi connectivity index (χ2n) is 13.6. The van der Waals surface area contributed by atoms with Crippen molar-refractivity contribution in [3.05, 3.63) is 12.2 Å². The van der Waals surface area contributed by atoms with Crippen molar-refractivity contribution < 1.29 is 56.8 Å². The highest BCUT2D eigenvalue weighted by Crippen LogP contribution is 2.24. The van der Waals surface area contributed by atoms with Gasteiger partial charge in [-0.05, 0) is 32.1 Å². The van der Waals surface area contributed by atoms with Crippen LogP contribution in [0.2, 0.25) is 0 Å². The van der Waals surface area contributed by atoms with Gasteiger partial charge in [-0.25, -0.2) is 0 Å². The van der Waals surface area contributed by atoms with Crippen molar-refractivity contribution in [1.82, 2.24) is 0 Å². The number of unbranched alkanes of at least 4 members (excludes halogenated alkanes) is 17. The maximum atomic E-state index is 12.7. The number of hydrogen-bond acceptors (Lipinski definition) is 11. The van der Waals surface area contributed by atoms with E-state index in [2.05, 4.69) is 26.0 Å². The Morgan fingerprint density at radius 2 is 1.16 bits per heavy atom. The Bertz CT molecular complexity index is 1000. The minimum Gasteiger partial charge on any atom is -0.462 e. The van der Waals surface area contributed by atoms with Crippen molar-refractivity contribution in [1.29, 1.82) is 0 Å². The fraction of sp³-hybridized carbons (Fsp3) is 0.892. The molecule has 1 fully saturated rings. The summed E-state index contributed by atoms with van der Waals surface area (Å²) in [6, 6.07) is 0. The van der Waals surface area contributed by atoms with Gasteiger partial charge in [-0.2, -0.15) is 8.42 Å². The monoisotopic (exact) mass is 736 g/mol. The zero-order valence-corrected chi connectivity index (χ0v) is 31.6. The van der Waals surface area contributed by atoms with E-state index in [1.165, 1.54) is 57.8 Å². The molecule has 1 heterocycles. The summed E-state index contributed by atoms with van der Waals surface area (Å²) in [4.78, 5) is 25.2. The molecule has 12 nitrogen and oxygen atoms in total. The van der Waals surface area contributed by atoms with E-state index in [4.69, 9.17) is 18.9 Å². The first-order chi connectivity index (χ1) is 24.0. The van der Waals surface area contributed by atoms with E-state index >= 15 is 0 Å². The Morgan fingerprint density at radius 3 is 1.72 bits per heavy atom. The predicted octanol–water partition coefficient (Wildman–Crippen LogP) is 6.33. The summed E-state index contributed by atoms with van der Waals surface area (Å²) >= 11 is 0. The molecule has 1 aliphatic rings. The Hall–Kier alpha value is -1.61. The number of esters is 2. The van der Waals surface area contributed by atoms with E-state index < -0.39 is 71.2 Å². The van der Waals surface area contributed by atoms with E-state index in [1.807, 2.05) is 0 Å². The van der Waals surface area contributed by atoms with Gasteiger partial charge in [0.15, 0.2) is 12.4 Å². The van der Waals surface area contributed by atoms with Crippen molar-refractivity contribution in [2.75, 3.05) is 19.0 Å². The van der Waals surface area contributed by atoms with E-state index in [1.54, 1.807) is 0 Å². The van der Waals surface area contributed by atoms with Gasteiger partial charge in [0, 0.05) is 12.8 Å². The molecule has 13 heteroatoms. The molecule has 0 amide bonds. The molecule has 1 aliphatic heterocycles. The summed E-state index contributed by atoms with van der Waals surface area (Å²) in [6.45, 7) is 3.67. The van der Waals surface area contributed by atoms with Crippen LogP contribution < -0.4 is 0 Å². The van der Waals surface area contributed by atoms with Crippen molar-refractivity contribution in [3.8, 4) is 0 Å². The second kappa shape index (κ2) is 28.9. The SMILES string of the molecule is CCCC/C=C/CCCCCCCC(=O)OC[C@H](CO[C@H]1O[C@H](CS(=O)(=O)O)[C@@H](O)C(O)C1O)OC(=O)CCCCCCCCCCCCC. The highest BCUT2D eigenvalue weighted by atomic mass is 32.2. The molecule has 1 rings (SSSR count). The van der Waals surface area contributed by atoms with Crippen LogP contribution >= 0.6 is 0 Å². The van der Waals surface area contributed by atoms with Crippen LogP contribution in [0.5, 0.6) is 0 Å². The predicted molar refractivity (Wildman–Crippen MR) is 192 cm³/mol. The molecule has 50 heavy (non-hydrogen) atoms. The first-order valence-electron chi connectivity index (χ1n) is 19.2. The van der Waals surface area contributed by atoms with Crippen LogP contribution in [0, 0.1) is 0 Å². The lowest BCUT2D eigenvalue weighted by Gasteiger charge is -2.40. The largest absolute Gasteiger partial charge is 0.462 e. The van der Waals surface area contributed by atoms with Crippen molar-refractivity contribution in [3.63, 3.8) is 0 Å². The number of aliphatic hydroxyl groups excluding tert-OH is 3. The maximum absolute atomic E-state index is 12.7. The van der Waals surface area contributed by atoms with Crippen LogP contribution in [-0.2, 0) is 38.7 Å². The lowest BCUT2D eigenvalue weighted by molar-refractivity contribution is -0.297. The fourth-order valence-corrected chi connectivity index (χ4v) is 6.46. The molecule has 0 radical (unpaired) electrons. The number of carbonyl (C=O) groups excluding carboxylic acids is 2. The Labute approximate surface area is 301 Å². The van der Waals surface area contributed by atoms with Gasteiger partial charge < -0.3 is 34.3 Å². The highest BCUT2D eigenvalue weighted by Gasteiger charge is 2.46. The van der Waals surface area contributed by atoms with Gasteiger partial charge in [0.2, 0.25) is 0 Å². The average Bonchev–Trinajstić information content (AvgIpc) is 3.07. The Kier molecular flexibility index (Phi) is 26.8. The van der Waals surface area contributed by atoms with Crippen molar-refractivity contribution in [2.24, 2.45) is 0 Å². The molecule has 0 aromatic heterocycles. The zero-order valence-electron chi connectivity index (χ0n) is 30.8. The van der Waals surface area contributed by atoms with Crippen LogP contribution in [0.4, 0.5) is 0 Å². The first-order valence-corrected chi connectivity index (χ1v) is 20.9. The molecule has 1 saturated heterocycles. The normalized spacial score (nSPS) is 21.8. The van der Waals surface area contributed by atoms with Crippen LogP contribution in [0.1, 0.15) is 155 Å². The van der Waals surface area contributed by atoms with Crippen molar-refractivity contribution in [2.45, 2.75) is 192 Å². The molecule has 0 spiro atoms. The third-order valence-electron chi connectivity index (χ3n) is 8.85. The molecule has 6 atom stereocenters. The van der Waals surface area contributed by atoms with Gasteiger partial charge in [-0.15, -0.1) is 0 Å². The lowest BCUT2D eigenvalue weighted by atomic mass is 10.00. The molecular formula is C37H68O12S. The fourth-order valence-electron chi connectivity index (χ4n) is 5.77. The molecule has 2 unspecified atom stereocenters. The van der Waals surface area contributed by atoms with Crippen LogP contribution in [0.25, 0.3) is 0 Å². The number of hydrogen-bond donors (Lipinski definition) is 4. The minimum atomic E-state index is -4.59. The molecule has 294 valence electrons. The smallest absolute Gasteiger partial charge is 0.306 e. The van der Waals surface area contributed by atoms with Gasteiger partial charge in [0.1, 0.15) is 36.8 Å². The Balaban J connectivity index is 2.54. The van der Waals surface area contributed by atoms with Gasteiger partial charge >= 0.3 is 11.9 Å². The number of ether oxygens (including phenoxy) is 4. The zero-order chi connectivity index (χ0) is 37.0. The third-order valence-corrected chi connectivity index (χ3v) is 9.60. The summed E-state index contributed by atoms with van der Waals surface area (Å²) in [5.41, 5.74) is 0. The van der Waals surface area contributed by atoms with E-state index in [0.29, 0.717) is 12.8 Å². The number of carbonyl (C=O) groups is 2. The summed E-state index contributed by atoms with van der Waals surface area (Å²) in [7, 11) is -4.59. The second-order valence-corrected chi connectivity index (χ2v) is 15.1. The Morgan fingerprint density at radius 1 is 0.660 bits per heavy atom. The first kappa shape index (κ1) is 46.4. The number of aliphatic hydroxyl groups is 3. The van der Waals surface area contributed by atoms with Gasteiger partial charge in [0.25, 0.3) is 10.1 Å². The van der Waals surface area contributed by atoms with Crippen LogP contribution in [-0.4, -0.2) is 96.0 Å². The molecule has 0 aromatic carbocycles. The number of allylic oxidation sites excluding steroid dienone is 2. The topological polar surface area (TPSA) is 186 Å². The molecule has 0 saturated carbocycles. The average molecular weight is 737 g/mol. The summed E-state index contributed by atoms with van der Waals surface area (Å²) in [5.74, 6) is -1.99. The highest BCUT2D eigenvalue weighted by molar-refractivity contribution is 7.85. The number of rotatable bonds is 31. The standard InChI is InChI=1S/C37H68O12S/c1-3-5-7-9-11-13-15-17-19-21-23-25-32(38)46-27-30(48-33(39)26-24-22-20-18-16-14-12-10-8-6-4-2)28-47-37-36(42)35(41)34(40)31(49-37)29-50(43,44)45/h9,11,30-31,34-37,40-42H,3-8,10,12-29H2,1-2H3,(H,43,44,45)/b11-9+/t30-,31-,34-,35?,36?,37+/m1/s1. The minimum absolute atomic E-state index is 0.167. The van der Waals surface area contributed by atoms with Crippen LogP contribution in [0.3, 0.4) is 0 Å². The van der Waals surface area contributed by atoms with E-state index in [0.717, 1.165) is 57.8 Å². The molecule has 0 aliphatic carbocycles. The third kappa shape index (κ3) is 23.8. The molecular weight excluding hydrogens is 668 g/mol.